The molecule has 0 radical (unpaired) electrons. The second-order valence-corrected chi connectivity index (χ2v) is 7.02. The molecule has 0 atom stereocenters. The van der Waals surface area contributed by atoms with Gasteiger partial charge in [0.15, 0.2) is 0 Å². The van der Waals surface area contributed by atoms with Crippen molar-refractivity contribution in [1.29, 1.82) is 0 Å². The quantitative estimate of drug-likeness (QED) is 0.639. The maximum Gasteiger partial charge on any atom is 0.283 e. The lowest BCUT2D eigenvalue weighted by molar-refractivity contribution is 0.582. The van der Waals surface area contributed by atoms with Crippen molar-refractivity contribution in [2.45, 2.75) is 4.90 Å². The van der Waals surface area contributed by atoms with Gasteiger partial charge < -0.3 is 0 Å². The minimum absolute atomic E-state index is 0.235. The zero-order chi connectivity index (χ0) is 13.5. The molecule has 0 bridgehead atoms. The predicted molar refractivity (Wildman–Crippen MR) is 81.5 cm³/mol. The summed E-state index contributed by atoms with van der Waals surface area (Å²) in [7, 11) is -3.63. The Morgan fingerprint density at radius 3 is 2.53 bits per heavy atom. The van der Waals surface area contributed by atoms with Crippen LogP contribution >= 0.6 is 22.6 Å². The van der Waals surface area contributed by atoms with Gasteiger partial charge in [-0.1, -0.05) is 18.2 Å². The van der Waals surface area contributed by atoms with E-state index in [1.54, 1.807) is 42.6 Å². The Labute approximate surface area is 124 Å². The second kappa shape index (κ2) is 4.61. The lowest BCUT2D eigenvalue weighted by Crippen LogP contribution is -2.14. The van der Waals surface area contributed by atoms with E-state index < -0.39 is 10.0 Å². The van der Waals surface area contributed by atoms with Crippen molar-refractivity contribution >= 4 is 43.5 Å². The third-order valence-electron chi connectivity index (χ3n) is 2.77. The van der Waals surface area contributed by atoms with E-state index in [-0.39, 0.29) is 4.90 Å². The van der Waals surface area contributed by atoms with Gasteiger partial charge in [0.2, 0.25) is 0 Å². The molecule has 1 heterocycles. The maximum atomic E-state index is 12.5. The summed E-state index contributed by atoms with van der Waals surface area (Å²) in [6, 6.07) is 13.8. The van der Waals surface area contributed by atoms with Gasteiger partial charge in [-0.3, -0.25) is 0 Å². The fourth-order valence-electron chi connectivity index (χ4n) is 1.86. The van der Waals surface area contributed by atoms with Crippen molar-refractivity contribution in [3.63, 3.8) is 0 Å². The second-order valence-electron chi connectivity index (χ2n) is 4.01. The molecule has 3 rings (SSSR count). The Hall–Kier alpha value is -1.41. The molecule has 0 saturated carbocycles. The molecular weight excluding hydrogens is 375 g/mol. The molecule has 0 unspecified atom stereocenters. The topological polar surface area (TPSA) is 52.0 Å². The summed E-state index contributed by atoms with van der Waals surface area (Å²) in [5.74, 6) is 0. The van der Waals surface area contributed by atoms with Crippen LogP contribution < -0.4 is 0 Å². The van der Waals surface area contributed by atoms with E-state index >= 15 is 0 Å². The minimum atomic E-state index is -3.63. The average Bonchev–Trinajstić information content (AvgIpc) is 2.83. The lowest BCUT2D eigenvalue weighted by Gasteiger charge is -2.05. The lowest BCUT2D eigenvalue weighted by atomic mass is 10.3. The molecule has 0 fully saturated rings. The number of halogens is 1. The molecule has 0 amide bonds. The zero-order valence-electron chi connectivity index (χ0n) is 9.69. The van der Waals surface area contributed by atoms with Gasteiger partial charge in [-0.15, -0.1) is 0 Å². The number of benzene rings is 2. The first kappa shape index (κ1) is 12.6. The van der Waals surface area contributed by atoms with E-state index in [4.69, 9.17) is 0 Å². The van der Waals surface area contributed by atoms with Crippen LogP contribution in [0.4, 0.5) is 0 Å². The monoisotopic (exact) mass is 384 g/mol. The van der Waals surface area contributed by atoms with Gasteiger partial charge in [0.05, 0.1) is 16.6 Å². The molecule has 6 heteroatoms. The predicted octanol–water partition coefficient (Wildman–Crippen LogP) is 2.88. The minimum Gasteiger partial charge on any atom is -0.199 e. The van der Waals surface area contributed by atoms with Crippen LogP contribution in [0.15, 0.2) is 59.6 Å². The Morgan fingerprint density at radius 1 is 1.05 bits per heavy atom. The van der Waals surface area contributed by atoms with Crippen LogP contribution in [0.3, 0.4) is 0 Å². The molecule has 1 aromatic heterocycles. The molecule has 2 aromatic carbocycles. The molecule has 19 heavy (non-hydrogen) atoms. The fraction of sp³-hybridized carbons (Fsp3) is 0. The van der Waals surface area contributed by atoms with E-state index in [9.17, 15) is 8.42 Å². The van der Waals surface area contributed by atoms with E-state index in [0.29, 0.717) is 5.52 Å². The van der Waals surface area contributed by atoms with Gasteiger partial charge >= 0.3 is 0 Å². The van der Waals surface area contributed by atoms with Gasteiger partial charge in [0.1, 0.15) is 0 Å². The first-order valence-corrected chi connectivity index (χ1v) is 8.05. The van der Waals surface area contributed by atoms with Crippen LogP contribution in [0.1, 0.15) is 0 Å². The van der Waals surface area contributed by atoms with Crippen molar-refractivity contribution in [3.05, 3.63) is 58.3 Å². The van der Waals surface area contributed by atoms with Gasteiger partial charge in [-0.05, 0) is 52.9 Å². The summed E-state index contributed by atoms with van der Waals surface area (Å²) in [4.78, 5) is 0.235. The Balaban J connectivity index is 2.25. The highest BCUT2D eigenvalue weighted by Gasteiger charge is 2.19. The largest absolute Gasteiger partial charge is 0.283 e. The van der Waals surface area contributed by atoms with Gasteiger partial charge in [0, 0.05) is 8.96 Å². The van der Waals surface area contributed by atoms with Crippen LogP contribution in [0.25, 0.3) is 10.9 Å². The van der Waals surface area contributed by atoms with Crippen molar-refractivity contribution in [2.24, 2.45) is 0 Å². The molecular formula is C13H9IN2O2S. The normalized spacial score (nSPS) is 11.8. The van der Waals surface area contributed by atoms with Crippen molar-refractivity contribution in [1.82, 2.24) is 9.19 Å². The number of hydrogen-bond donors (Lipinski definition) is 0. The number of aromatic nitrogens is 2. The van der Waals surface area contributed by atoms with Gasteiger partial charge in [0.25, 0.3) is 10.0 Å². The highest BCUT2D eigenvalue weighted by atomic mass is 127. The smallest absolute Gasteiger partial charge is 0.199 e. The molecule has 0 saturated heterocycles. The number of hydrogen-bond acceptors (Lipinski definition) is 3. The Bertz CT molecular complexity index is 841. The average molecular weight is 384 g/mol. The van der Waals surface area contributed by atoms with Crippen LogP contribution in [-0.2, 0) is 10.0 Å². The summed E-state index contributed by atoms with van der Waals surface area (Å²) in [5.41, 5.74) is 0.587. The third kappa shape index (κ3) is 2.14. The highest BCUT2D eigenvalue weighted by molar-refractivity contribution is 14.1. The van der Waals surface area contributed by atoms with Crippen molar-refractivity contribution in [2.75, 3.05) is 0 Å². The van der Waals surface area contributed by atoms with E-state index in [0.717, 1.165) is 13.0 Å². The number of rotatable bonds is 2. The fourth-order valence-corrected chi connectivity index (χ4v) is 3.68. The summed E-state index contributed by atoms with van der Waals surface area (Å²) < 4.78 is 27.1. The molecule has 96 valence electrons. The third-order valence-corrected chi connectivity index (χ3v) is 5.05. The molecule has 0 aliphatic heterocycles. The van der Waals surface area contributed by atoms with Crippen molar-refractivity contribution in [3.8, 4) is 0 Å². The zero-order valence-corrected chi connectivity index (χ0v) is 12.7. The molecule has 0 N–H and O–H groups in total. The first-order valence-electron chi connectivity index (χ1n) is 5.53. The van der Waals surface area contributed by atoms with Crippen molar-refractivity contribution < 1.29 is 8.42 Å². The summed E-state index contributed by atoms with van der Waals surface area (Å²) in [6.45, 7) is 0. The number of nitrogens with zero attached hydrogens (tertiary/aromatic N) is 2. The first-order chi connectivity index (χ1) is 9.09. The molecule has 0 aliphatic carbocycles. The van der Waals surface area contributed by atoms with E-state index in [2.05, 4.69) is 27.7 Å². The van der Waals surface area contributed by atoms with Crippen LogP contribution in [0.2, 0.25) is 0 Å². The maximum absolute atomic E-state index is 12.5. The van der Waals surface area contributed by atoms with E-state index in [1.165, 1.54) is 0 Å². The SMILES string of the molecule is O=S(=O)(c1ccccc1)n1ncc2cc(I)ccc21. The van der Waals surface area contributed by atoms with Crippen LogP contribution in [0, 0.1) is 3.57 Å². The summed E-state index contributed by atoms with van der Waals surface area (Å²) >= 11 is 2.18. The molecule has 3 aromatic rings. The molecule has 4 nitrogen and oxygen atoms in total. The Kier molecular flexibility index (Phi) is 3.06. The summed E-state index contributed by atoms with van der Waals surface area (Å²) in [6.07, 6.45) is 1.57. The van der Waals surface area contributed by atoms with Crippen LogP contribution in [0.5, 0.6) is 0 Å². The van der Waals surface area contributed by atoms with Gasteiger partial charge in [-0.25, -0.2) is 0 Å². The van der Waals surface area contributed by atoms with Gasteiger partial charge in [-0.2, -0.15) is 17.6 Å². The highest BCUT2D eigenvalue weighted by Crippen LogP contribution is 2.21. The number of fused-ring (bicyclic) bond motifs is 1. The van der Waals surface area contributed by atoms with Crippen LogP contribution in [-0.4, -0.2) is 17.6 Å². The Morgan fingerprint density at radius 2 is 1.79 bits per heavy atom. The molecule has 0 aliphatic rings. The summed E-state index contributed by atoms with van der Waals surface area (Å²) in [5, 5.41) is 4.82. The standard InChI is InChI=1S/C13H9IN2O2S/c14-11-6-7-13-10(8-11)9-15-16(13)19(17,18)12-4-2-1-3-5-12/h1-9H. The van der Waals surface area contributed by atoms with E-state index in [1.807, 2.05) is 12.1 Å². The molecule has 0 spiro atoms.